The molecule has 0 spiro atoms. The molecule has 8 heteroatoms. The number of amides is 1. The summed E-state index contributed by atoms with van der Waals surface area (Å²) < 4.78 is 1.44. The van der Waals surface area contributed by atoms with Gasteiger partial charge in [-0.1, -0.05) is 49.7 Å². The predicted molar refractivity (Wildman–Crippen MR) is 121 cm³/mol. The molecular formula is C22H21ClN6O. The summed E-state index contributed by atoms with van der Waals surface area (Å²) in [4.78, 5) is 22.2. The first-order valence-electron chi connectivity index (χ1n) is 9.59. The molecule has 0 saturated carbocycles. The summed E-state index contributed by atoms with van der Waals surface area (Å²) in [6.07, 6.45) is 1.62. The van der Waals surface area contributed by atoms with E-state index in [1.807, 2.05) is 50.2 Å². The molecule has 0 saturated heterocycles. The van der Waals surface area contributed by atoms with Crippen LogP contribution in [0.1, 0.15) is 29.8 Å². The number of anilines is 1. The molecule has 152 valence electrons. The number of benzene rings is 2. The summed E-state index contributed by atoms with van der Waals surface area (Å²) in [6.45, 7) is 4.57. The molecule has 0 aliphatic rings. The van der Waals surface area contributed by atoms with E-state index in [4.69, 9.17) is 17.3 Å². The Morgan fingerprint density at radius 2 is 1.93 bits per heavy atom. The van der Waals surface area contributed by atoms with Crippen molar-refractivity contribution < 1.29 is 4.79 Å². The lowest BCUT2D eigenvalue weighted by atomic mass is 10.2. The second kappa shape index (κ2) is 8.12. The molecule has 0 bridgehead atoms. The Morgan fingerprint density at radius 1 is 1.20 bits per heavy atom. The first kappa shape index (κ1) is 19.8. The van der Waals surface area contributed by atoms with Gasteiger partial charge in [0.1, 0.15) is 16.9 Å². The average molecular weight is 421 g/mol. The molecule has 4 rings (SSSR count). The molecule has 7 nitrogen and oxygen atoms in total. The van der Waals surface area contributed by atoms with Crippen molar-refractivity contribution in [3.8, 4) is 0 Å². The molecule has 30 heavy (non-hydrogen) atoms. The van der Waals surface area contributed by atoms with Crippen LogP contribution in [0.15, 0.2) is 53.6 Å². The van der Waals surface area contributed by atoms with E-state index in [1.165, 1.54) is 4.68 Å². The number of nitrogen functional groups attached to an aromatic ring is 1. The number of halogens is 1. The zero-order chi connectivity index (χ0) is 21.3. The van der Waals surface area contributed by atoms with E-state index in [-0.39, 0.29) is 17.3 Å². The highest BCUT2D eigenvalue weighted by Crippen LogP contribution is 2.28. The van der Waals surface area contributed by atoms with Crippen molar-refractivity contribution in [2.24, 2.45) is 11.0 Å². The van der Waals surface area contributed by atoms with Gasteiger partial charge in [0.05, 0.1) is 17.2 Å². The highest BCUT2D eigenvalue weighted by atomic mass is 35.5. The van der Waals surface area contributed by atoms with Crippen molar-refractivity contribution >= 4 is 51.7 Å². The molecule has 2 aromatic heterocycles. The predicted octanol–water partition coefficient (Wildman–Crippen LogP) is 4.09. The van der Waals surface area contributed by atoms with Gasteiger partial charge in [-0.25, -0.2) is 9.97 Å². The van der Waals surface area contributed by atoms with Crippen molar-refractivity contribution in [1.29, 1.82) is 0 Å². The third-order valence-electron chi connectivity index (χ3n) is 4.54. The van der Waals surface area contributed by atoms with Crippen LogP contribution in [-0.2, 0) is 0 Å². The number of carbonyl (C=O) groups is 1. The monoisotopic (exact) mass is 420 g/mol. The molecular weight excluding hydrogens is 400 g/mol. The number of nitrogens with one attached hydrogen (secondary N) is 1. The van der Waals surface area contributed by atoms with E-state index in [0.29, 0.717) is 39.7 Å². The number of nitrogens with two attached hydrogens (primary N) is 1. The highest BCUT2D eigenvalue weighted by Gasteiger charge is 2.24. The van der Waals surface area contributed by atoms with Crippen LogP contribution in [-0.4, -0.2) is 33.3 Å². The molecule has 2 aromatic carbocycles. The van der Waals surface area contributed by atoms with E-state index < -0.39 is 0 Å². The van der Waals surface area contributed by atoms with Gasteiger partial charge in [0.25, 0.3) is 5.91 Å². The molecule has 0 radical (unpaired) electrons. The van der Waals surface area contributed by atoms with Crippen molar-refractivity contribution in [2.45, 2.75) is 13.8 Å². The molecule has 2 heterocycles. The number of fused-ring (bicyclic) bond motifs is 2. The van der Waals surface area contributed by atoms with Crippen molar-refractivity contribution in [3.63, 3.8) is 0 Å². The summed E-state index contributed by atoms with van der Waals surface area (Å²) in [5.74, 6) is 0.184. The summed E-state index contributed by atoms with van der Waals surface area (Å²) in [5.41, 5.74) is 9.63. The fraction of sp³-hybridized carbons (Fsp3) is 0.182. The average Bonchev–Trinajstić information content (AvgIpc) is 2.99. The maximum Gasteiger partial charge on any atom is 0.257 e. The molecule has 3 N–H and O–H groups in total. The third kappa shape index (κ3) is 3.84. The van der Waals surface area contributed by atoms with Gasteiger partial charge in [-0.15, -0.1) is 0 Å². The lowest BCUT2D eigenvalue weighted by molar-refractivity contribution is 0.0951. The summed E-state index contributed by atoms with van der Waals surface area (Å²) >= 11 is 6.06. The Bertz CT molecular complexity index is 1280. The van der Waals surface area contributed by atoms with Crippen molar-refractivity contribution in [3.05, 3.63) is 64.7 Å². The first-order valence-corrected chi connectivity index (χ1v) is 9.96. The number of nitrogens with zero attached hydrogens (tertiary/aromatic N) is 4. The van der Waals surface area contributed by atoms with Gasteiger partial charge < -0.3 is 11.1 Å². The summed E-state index contributed by atoms with van der Waals surface area (Å²) in [5, 5.41) is 7.98. The Kier molecular flexibility index (Phi) is 5.37. The molecule has 4 aromatic rings. The molecule has 0 fully saturated rings. The van der Waals surface area contributed by atoms with Crippen LogP contribution in [0.2, 0.25) is 5.02 Å². The van der Waals surface area contributed by atoms with Gasteiger partial charge in [0.2, 0.25) is 0 Å². The largest absolute Gasteiger partial charge is 0.383 e. The fourth-order valence-corrected chi connectivity index (χ4v) is 3.28. The van der Waals surface area contributed by atoms with Crippen molar-refractivity contribution in [1.82, 2.24) is 20.0 Å². The normalized spacial score (nSPS) is 11.7. The van der Waals surface area contributed by atoms with Gasteiger partial charge in [-0.3, -0.25) is 4.79 Å². The SMILES string of the molecule is CC(C)CNC(=O)c1c(N)n(/N=C/c2cccc(Cl)c2)c2nc3ccccc3nc12. The number of hydrogen-bond acceptors (Lipinski definition) is 5. The van der Waals surface area contributed by atoms with Crippen molar-refractivity contribution in [2.75, 3.05) is 12.3 Å². The number of hydrogen-bond donors (Lipinski definition) is 2. The van der Waals surface area contributed by atoms with Crippen LogP contribution in [0.4, 0.5) is 5.82 Å². The van der Waals surface area contributed by atoms with E-state index >= 15 is 0 Å². The zero-order valence-corrected chi connectivity index (χ0v) is 17.4. The zero-order valence-electron chi connectivity index (χ0n) is 16.6. The Morgan fingerprint density at radius 3 is 2.63 bits per heavy atom. The van der Waals surface area contributed by atoms with E-state index in [0.717, 1.165) is 5.56 Å². The topological polar surface area (TPSA) is 98.2 Å². The van der Waals surface area contributed by atoms with Gasteiger partial charge in [-0.2, -0.15) is 9.78 Å². The maximum absolute atomic E-state index is 12.9. The minimum atomic E-state index is -0.299. The third-order valence-corrected chi connectivity index (χ3v) is 4.78. The lowest BCUT2D eigenvalue weighted by Crippen LogP contribution is -2.28. The minimum Gasteiger partial charge on any atom is -0.383 e. The molecule has 0 aliphatic carbocycles. The summed E-state index contributed by atoms with van der Waals surface area (Å²) in [7, 11) is 0. The van der Waals surface area contributed by atoms with Crippen LogP contribution >= 0.6 is 11.6 Å². The minimum absolute atomic E-state index is 0.180. The highest BCUT2D eigenvalue weighted by molar-refractivity contribution is 6.30. The molecule has 0 atom stereocenters. The Labute approximate surface area is 178 Å². The lowest BCUT2D eigenvalue weighted by Gasteiger charge is -2.07. The standard InChI is InChI=1S/C22H21ClN6O/c1-13(2)11-25-22(30)18-19-21(28-17-9-4-3-8-16(17)27-19)29(20(18)24)26-12-14-6-5-7-15(23)10-14/h3-10,12-13H,11,24H2,1-2H3,(H,25,30)/b26-12+. The van der Waals surface area contributed by atoms with Crippen LogP contribution in [0, 0.1) is 5.92 Å². The maximum atomic E-state index is 12.9. The molecule has 0 aliphatic heterocycles. The smallest absolute Gasteiger partial charge is 0.257 e. The van der Waals surface area contributed by atoms with Gasteiger partial charge in [0.15, 0.2) is 5.65 Å². The number of aromatic nitrogens is 3. The Hall–Kier alpha value is -3.45. The number of carbonyl (C=O) groups excluding carboxylic acids is 1. The van der Waals surface area contributed by atoms with E-state index in [2.05, 4.69) is 20.4 Å². The Balaban J connectivity index is 1.89. The van der Waals surface area contributed by atoms with Crippen LogP contribution in [0.25, 0.3) is 22.2 Å². The number of rotatable bonds is 5. The second-order valence-corrected chi connectivity index (χ2v) is 7.80. The van der Waals surface area contributed by atoms with Crippen LogP contribution in [0.5, 0.6) is 0 Å². The van der Waals surface area contributed by atoms with Gasteiger partial charge >= 0.3 is 0 Å². The van der Waals surface area contributed by atoms with E-state index in [1.54, 1.807) is 18.3 Å². The quantitative estimate of drug-likeness (QED) is 0.475. The molecule has 1 amide bonds. The van der Waals surface area contributed by atoms with Crippen LogP contribution < -0.4 is 11.1 Å². The second-order valence-electron chi connectivity index (χ2n) is 7.36. The van der Waals surface area contributed by atoms with Gasteiger partial charge in [-0.05, 0) is 35.7 Å². The fourth-order valence-electron chi connectivity index (χ4n) is 3.08. The molecule has 0 unspecified atom stereocenters. The van der Waals surface area contributed by atoms with E-state index in [9.17, 15) is 4.79 Å². The van der Waals surface area contributed by atoms with Crippen LogP contribution in [0.3, 0.4) is 0 Å². The first-order chi connectivity index (χ1) is 14.4. The van der Waals surface area contributed by atoms with Gasteiger partial charge in [0, 0.05) is 11.6 Å². The summed E-state index contributed by atoms with van der Waals surface area (Å²) in [6, 6.07) is 14.7. The number of para-hydroxylation sites is 2.